The first-order chi connectivity index (χ1) is 21.7. The number of carbonyl (C=O) groups excluding carboxylic acids is 2. The summed E-state index contributed by atoms with van der Waals surface area (Å²) in [7, 11) is 0. The normalized spacial score (nSPS) is 18.5. The number of rotatable bonds is 9. The highest BCUT2D eigenvalue weighted by Gasteiger charge is 2.34. The van der Waals surface area contributed by atoms with Crippen LogP contribution in [0.5, 0.6) is 0 Å². The molecule has 2 N–H and O–H groups in total. The number of nitrogens with one attached hydrogen (secondary N) is 2. The Balaban J connectivity index is 1.14. The average molecular weight is 611 g/mol. The number of halogens is 1. The van der Waals surface area contributed by atoms with Crippen molar-refractivity contribution in [2.24, 2.45) is 11.8 Å². The number of likely N-dealkylation sites (tertiary alicyclic amines) is 2. The highest BCUT2D eigenvalue weighted by Crippen LogP contribution is 2.35. The summed E-state index contributed by atoms with van der Waals surface area (Å²) in [4.78, 5) is 44.9. The van der Waals surface area contributed by atoms with E-state index in [0.29, 0.717) is 42.4 Å². The van der Waals surface area contributed by atoms with Crippen molar-refractivity contribution in [2.75, 3.05) is 13.1 Å². The number of benzene rings is 2. The fourth-order valence-corrected chi connectivity index (χ4v) is 6.67. The van der Waals surface area contributed by atoms with Crippen LogP contribution in [0.4, 0.5) is 4.39 Å². The number of hydrogen-bond donors (Lipinski definition) is 2. The zero-order valence-corrected chi connectivity index (χ0v) is 26.6. The smallest absolute Gasteiger partial charge is 0.238 e. The topological polar surface area (TPSA) is 98.0 Å². The van der Waals surface area contributed by atoms with Gasteiger partial charge >= 0.3 is 0 Å². The summed E-state index contributed by atoms with van der Waals surface area (Å²) < 4.78 is 15.1. The highest BCUT2D eigenvalue weighted by atomic mass is 19.1. The van der Waals surface area contributed by atoms with Crippen molar-refractivity contribution in [1.82, 2.24) is 29.7 Å². The van der Waals surface area contributed by atoms with Crippen molar-refractivity contribution in [3.8, 4) is 33.6 Å². The maximum absolute atomic E-state index is 15.1. The molecule has 2 aliphatic rings. The molecule has 0 saturated carbocycles. The Labute approximate surface area is 264 Å². The van der Waals surface area contributed by atoms with Gasteiger partial charge in [0.1, 0.15) is 17.3 Å². The molecule has 0 spiro atoms. The lowest BCUT2D eigenvalue weighted by Gasteiger charge is -2.24. The molecule has 2 amide bonds. The molecule has 236 valence electrons. The van der Waals surface area contributed by atoms with E-state index < -0.39 is 5.95 Å². The van der Waals surface area contributed by atoms with E-state index in [1.165, 1.54) is 0 Å². The van der Waals surface area contributed by atoms with E-state index in [2.05, 4.69) is 58.0 Å². The highest BCUT2D eigenvalue weighted by molar-refractivity contribution is 5.78. The largest absolute Gasteiger partial charge is 0.340 e. The summed E-state index contributed by atoms with van der Waals surface area (Å²) in [6, 6.07) is 15.8. The Kier molecular flexibility index (Phi) is 8.88. The van der Waals surface area contributed by atoms with Crippen LogP contribution < -0.4 is 0 Å². The third-order valence-electron chi connectivity index (χ3n) is 8.92. The second-order valence-corrected chi connectivity index (χ2v) is 13.3. The van der Waals surface area contributed by atoms with Gasteiger partial charge in [0.2, 0.25) is 17.8 Å². The van der Waals surface area contributed by atoms with Gasteiger partial charge in [0.15, 0.2) is 0 Å². The number of aromatic nitrogens is 4. The number of hydrogen-bond acceptors (Lipinski definition) is 4. The third-order valence-corrected chi connectivity index (χ3v) is 8.92. The number of nitrogens with zero attached hydrogens (tertiary/aromatic N) is 4. The molecule has 0 bridgehead atoms. The van der Waals surface area contributed by atoms with Gasteiger partial charge < -0.3 is 19.8 Å². The number of imidazole rings is 2. The maximum Gasteiger partial charge on any atom is 0.238 e. The van der Waals surface area contributed by atoms with Crippen molar-refractivity contribution < 1.29 is 14.0 Å². The first-order valence-corrected chi connectivity index (χ1v) is 16.3. The van der Waals surface area contributed by atoms with Gasteiger partial charge in [-0.3, -0.25) is 9.59 Å². The summed E-state index contributed by atoms with van der Waals surface area (Å²) >= 11 is 0. The fourth-order valence-electron chi connectivity index (χ4n) is 6.67. The molecule has 6 rings (SSSR count). The van der Waals surface area contributed by atoms with Crippen LogP contribution in [0.15, 0.2) is 54.7 Å². The Hall–Kier alpha value is -4.27. The number of amides is 2. The van der Waals surface area contributed by atoms with Crippen LogP contribution in [-0.4, -0.2) is 54.6 Å². The molecule has 0 radical (unpaired) electrons. The molecule has 2 aromatic heterocycles. The molecular formula is C36H43FN6O2. The Morgan fingerprint density at radius 3 is 1.78 bits per heavy atom. The van der Waals surface area contributed by atoms with Gasteiger partial charge in [-0.15, -0.1) is 0 Å². The van der Waals surface area contributed by atoms with Crippen molar-refractivity contribution in [3.63, 3.8) is 0 Å². The second-order valence-electron chi connectivity index (χ2n) is 13.3. The summed E-state index contributed by atoms with van der Waals surface area (Å²) in [5.41, 5.74) is 5.06. The second kappa shape index (κ2) is 13.0. The number of aromatic amines is 2. The number of carbonyl (C=O) groups is 2. The first-order valence-electron chi connectivity index (χ1n) is 16.3. The minimum Gasteiger partial charge on any atom is -0.340 e. The third kappa shape index (κ3) is 6.58. The lowest BCUT2D eigenvalue weighted by Crippen LogP contribution is -2.31. The molecule has 8 nitrogen and oxygen atoms in total. The monoisotopic (exact) mass is 610 g/mol. The summed E-state index contributed by atoms with van der Waals surface area (Å²) in [5, 5.41) is 0. The van der Waals surface area contributed by atoms with Crippen LogP contribution in [0.2, 0.25) is 0 Å². The minimum absolute atomic E-state index is 0.00282. The lowest BCUT2D eigenvalue weighted by atomic mass is 10.0. The van der Waals surface area contributed by atoms with Crippen molar-refractivity contribution >= 4 is 11.8 Å². The van der Waals surface area contributed by atoms with E-state index in [1.54, 1.807) is 0 Å². The van der Waals surface area contributed by atoms with Crippen LogP contribution in [0, 0.1) is 17.8 Å². The molecule has 2 aromatic carbocycles. The quantitative estimate of drug-likeness (QED) is 0.203. The van der Waals surface area contributed by atoms with Crippen molar-refractivity contribution in [2.45, 2.75) is 78.3 Å². The van der Waals surface area contributed by atoms with E-state index in [1.807, 2.05) is 54.1 Å². The standard InChI is InChI=1S/C36H43FN6O2/c1-22(2)19-31(44)42-17-5-7-29(42)35-38-21-28(39-35)26-13-9-24(10-14-26)25-11-15-27(16-12-25)33-34(37)41-36(40-33)30-8-6-18-43(30)32(45)20-23(3)4/h9-16,21-23,29-30H,5-8,17-20H2,1-4H3,(H,38,39)(H,40,41)/t29-,30-/m0/s1. The zero-order chi connectivity index (χ0) is 31.7. The summed E-state index contributed by atoms with van der Waals surface area (Å²) in [6.07, 6.45) is 6.47. The Morgan fingerprint density at radius 2 is 1.24 bits per heavy atom. The van der Waals surface area contributed by atoms with Gasteiger partial charge in [-0.25, -0.2) is 9.97 Å². The molecule has 2 atom stereocenters. The molecule has 9 heteroatoms. The van der Waals surface area contributed by atoms with Gasteiger partial charge in [0, 0.05) is 31.5 Å². The molecule has 0 unspecified atom stereocenters. The van der Waals surface area contributed by atoms with E-state index in [0.717, 1.165) is 60.4 Å². The predicted octanol–water partition coefficient (Wildman–Crippen LogP) is 7.69. The maximum atomic E-state index is 15.1. The number of H-pyrrole nitrogens is 2. The molecule has 2 aliphatic heterocycles. The van der Waals surface area contributed by atoms with Crippen molar-refractivity contribution in [3.05, 3.63) is 72.3 Å². The first kappa shape index (κ1) is 30.7. The van der Waals surface area contributed by atoms with Crippen molar-refractivity contribution in [1.29, 1.82) is 0 Å². The van der Waals surface area contributed by atoms with Gasteiger partial charge in [-0.1, -0.05) is 76.2 Å². The van der Waals surface area contributed by atoms with E-state index in [9.17, 15) is 9.59 Å². The predicted molar refractivity (Wildman–Crippen MR) is 173 cm³/mol. The molecule has 4 aromatic rings. The van der Waals surface area contributed by atoms with Gasteiger partial charge in [-0.2, -0.15) is 4.39 Å². The summed E-state index contributed by atoms with van der Waals surface area (Å²) in [5.74, 6) is 1.72. The molecular weight excluding hydrogens is 567 g/mol. The molecule has 45 heavy (non-hydrogen) atoms. The van der Waals surface area contributed by atoms with Crippen LogP contribution in [0.1, 0.15) is 90.0 Å². The van der Waals surface area contributed by atoms with E-state index in [4.69, 9.17) is 0 Å². The van der Waals surface area contributed by atoms with Crippen LogP contribution >= 0.6 is 0 Å². The average Bonchev–Trinajstić information content (AvgIpc) is 3.82. The fraction of sp³-hybridized carbons (Fsp3) is 0.444. The van der Waals surface area contributed by atoms with Gasteiger partial charge in [0.05, 0.1) is 24.0 Å². The molecule has 2 fully saturated rings. The summed E-state index contributed by atoms with van der Waals surface area (Å²) in [6.45, 7) is 9.68. The molecule has 2 saturated heterocycles. The van der Waals surface area contributed by atoms with Crippen LogP contribution in [0.25, 0.3) is 33.6 Å². The van der Waals surface area contributed by atoms with E-state index >= 15 is 4.39 Å². The molecule has 0 aliphatic carbocycles. The molecule has 4 heterocycles. The van der Waals surface area contributed by atoms with Gasteiger partial charge in [0.25, 0.3) is 0 Å². The Bertz CT molecular complexity index is 1640. The zero-order valence-electron chi connectivity index (χ0n) is 26.6. The minimum atomic E-state index is -0.547. The Morgan fingerprint density at radius 1 is 0.756 bits per heavy atom. The van der Waals surface area contributed by atoms with E-state index in [-0.39, 0.29) is 29.8 Å². The van der Waals surface area contributed by atoms with Gasteiger partial charge in [-0.05, 0) is 54.2 Å². The SMILES string of the molecule is CC(C)CC(=O)N1CCC[C@H]1c1ncc(-c2ccc(-c3ccc(-c4[nH]c([C@@H]5CCCN5C(=O)CC(C)C)nc4F)cc3)cc2)[nH]1. The lowest BCUT2D eigenvalue weighted by molar-refractivity contribution is -0.133. The van der Waals surface area contributed by atoms with Crippen LogP contribution in [0.3, 0.4) is 0 Å². The van der Waals surface area contributed by atoms with Crippen LogP contribution in [-0.2, 0) is 9.59 Å².